The third-order valence-corrected chi connectivity index (χ3v) is 4.01. The number of rotatable bonds is 4. The van der Waals surface area contributed by atoms with E-state index in [0.29, 0.717) is 10.0 Å². The van der Waals surface area contributed by atoms with E-state index in [4.69, 9.17) is 4.74 Å². The Morgan fingerprint density at radius 3 is 2.43 bits per heavy atom. The van der Waals surface area contributed by atoms with E-state index in [0.717, 1.165) is 10.2 Å². The van der Waals surface area contributed by atoms with Crippen molar-refractivity contribution in [1.29, 1.82) is 0 Å². The van der Waals surface area contributed by atoms with Gasteiger partial charge >= 0.3 is 5.97 Å². The SMILES string of the molecule is COC(=O)C(Nc1ccc(Br)cc1)c1ccc(F)c(Br)c1. The van der Waals surface area contributed by atoms with E-state index in [1.807, 2.05) is 24.3 Å². The summed E-state index contributed by atoms with van der Waals surface area (Å²) in [5, 5.41) is 3.08. The fourth-order valence-electron chi connectivity index (χ4n) is 1.80. The molecule has 21 heavy (non-hydrogen) atoms. The summed E-state index contributed by atoms with van der Waals surface area (Å²) in [4.78, 5) is 12.0. The maximum atomic E-state index is 13.3. The first-order chi connectivity index (χ1) is 10.0. The summed E-state index contributed by atoms with van der Waals surface area (Å²) >= 11 is 6.47. The lowest BCUT2D eigenvalue weighted by molar-refractivity contribution is -0.141. The number of anilines is 1. The quantitative estimate of drug-likeness (QED) is 0.735. The average Bonchev–Trinajstić information content (AvgIpc) is 2.49. The molecule has 0 aliphatic heterocycles. The van der Waals surface area contributed by atoms with E-state index >= 15 is 0 Å². The summed E-state index contributed by atoms with van der Waals surface area (Å²) in [5.74, 6) is -0.831. The van der Waals surface area contributed by atoms with Gasteiger partial charge in [-0.2, -0.15) is 0 Å². The van der Waals surface area contributed by atoms with Gasteiger partial charge in [0, 0.05) is 10.2 Å². The zero-order valence-electron chi connectivity index (χ0n) is 11.1. The van der Waals surface area contributed by atoms with Crippen LogP contribution in [0.25, 0.3) is 0 Å². The van der Waals surface area contributed by atoms with Crippen molar-refractivity contribution in [1.82, 2.24) is 0 Å². The van der Waals surface area contributed by atoms with Gasteiger partial charge < -0.3 is 10.1 Å². The number of hydrogen-bond donors (Lipinski definition) is 1. The lowest BCUT2D eigenvalue weighted by atomic mass is 10.1. The molecule has 6 heteroatoms. The maximum absolute atomic E-state index is 13.3. The van der Waals surface area contributed by atoms with Gasteiger partial charge in [0.15, 0.2) is 6.04 Å². The zero-order valence-corrected chi connectivity index (χ0v) is 14.2. The molecule has 0 saturated carbocycles. The molecule has 0 spiro atoms. The van der Waals surface area contributed by atoms with Crippen molar-refractivity contribution in [2.24, 2.45) is 0 Å². The minimum atomic E-state index is -0.715. The minimum Gasteiger partial charge on any atom is -0.467 e. The lowest BCUT2D eigenvalue weighted by Crippen LogP contribution is -2.22. The molecule has 110 valence electrons. The van der Waals surface area contributed by atoms with Crippen LogP contribution in [0.2, 0.25) is 0 Å². The van der Waals surface area contributed by atoms with Crippen LogP contribution in [-0.4, -0.2) is 13.1 Å². The molecule has 2 aromatic rings. The summed E-state index contributed by atoms with van der Waals surface area (Å²) in [6, 6.07) is 11.1. The molecule has 0 fully saturated rings. The van der Waals surface area contributed by atoms with E-state index in [2.05, 4.69) is 37.2 Å². The highest BCUT2D eigenvalue weighted by molar-refractivity contribution is 9.10. The highest BCUT2D eigenvalue weighted by Gasteiger charge is 2.22. The Bertz CT molecular complexity index is 647. The fraction of sp³-hybridized carbons (Fsp3) is 0.133. The van der Waals surface area contributed by atoms with Crippen LogP contribution in [0.15, 0.2) is 51.4 Å². The second-order valence-corrected chi connectivity index (χ2v) is 6.05. The second-order valence-electron chi connectivity index (χ2n) is 4.28. The number of esters is 1. The zero-order chi connectivity index (χ0) is 15.4. The van der Waals surface area contributed by atoms with Crippen LogP contribution < -0.4 is 5.32 Å². The highest BCUT2D eigenvalue weighted by atomic mass is 79.9. The molecule has 0 bridgehead atoms. The van der Waals surface area contributed by atoms with Crippen molar-refractivity contribution < 1.29 is 13.9 Å². The molecule has 2 rings (SSSR count). The van der Waals surface area contributed by atoms with Gasteiger partial charge in [-0.1, -0.05) is 22.0 Å². The predicted molar refractivity (Wildman–Crippen MR) is 86.6 cm³/mol. The Hall–Kier alpha value is -1.40. The Morgan fingerprint density at radius 1 is 1.19 bits per heavy atom. The van der Waals surface area contributed by atoms with Gasteiger partial charge in [-0.05, 0) is 57.9 Å². The van der Waals surface area contributed by atoms with Gasteiger partial charge in [0.05, 0.1) is 11.6 Å². The Balaban J connectivity index is 2.31. The number of carbonyl (C=O) groups excluding carboxylic acids is 1. The van der Waals surface area contributed by atoms with Gasteiger partial charge in [-0.25, -0.2) is 9.18 Å². The number of nitrogens with one attached hydrogen (secondary N) is 1. The smallest absolute Gasteiger partial charge is 0.332 e. The molecule has 0 aliphatic carbocycles. The Morgan fingerprint density at radius 2 is 1.86 bits per heavy atom. The normalized spacial score (nSPS) is 11.8. The van der Waals surface area contributed by atoms with Crippen molar-refractivity contribution >= 4 is 43.5 Å². The molecule has 0 radical (unpaired) electrons. The van der Waals surface area contributed by atoms with Crippen LogP contribution in [0.4, 0.5) is 10.1 Å². The second kappa shape index (κ2) is 7.04. The molecule has 1 N–H and O–H groups in total. The van der Waals surface area contributed by atoms with E-state index in [1.165, 1.54) is 13.2 Å². The van der Waals surface area contributed by atoms with Crippen molar-refractivity contribution in [3.8, 4) is 0 Å². The van der Waals surface area contributed by atoms with Crippen molar-refractivity contribution in [3.63, 3.8) is 0 Å². The third kappa shape index (κ3) is 4.04. The summed E-state index contributed by atoms with van der Waals surface area (Å²) < 4.78 is 19.4. The summed E-state index contributed by atoms with van der Waals surface area (Å²) in [6.07, 6.45) is 0. The van der Waals surface area contributed by atoms with E-state index in [9.17, 15) is 9.18 Å². The lowest BCUT2D eigenvalue weighted by Gasteiger charge is -2.18. The number of carbonyl (C=O) groups is 1. The van der Waals surface area contributed by atoms with E-state index < -0.39 is 12.0 Å². The maximum Gasteiger partial charge on any atom is 0.332 e. The first-order valence-corrected chi connectivity index (χ1v) is 7.64. The largest absolute Gasteiger partial charge is 0.467 e. The summed E-state index contributed by atoms with van der Waals surface area (Å²) in [5.41, 5.74) is 1.37. The molecule has 2 aromatic carbocycles. The molecular formula is C15H12Br2FNO2. The van der Waals surface area contributed by atoms with E-state index in [-0.39, 0.29) is 5.82 Å². The molecular weight excluding hydrogens is 405 g/mol. The van der Waals surface area contributed by atoms with Crippen molar-refractivity contribution in [3.05, 3.63) is 62.8 Å². The van der Waals surface area contributed by atoms with E-state index in [1.54, 1.807) is 12.1 Å². The van der Waals surface area contributed by atoms with Crippen LogP contribution in [0, 0.1) is 5.82 Å². The average molecular weight is 417 g/mol. The number of halogens is 3. The van der Waals surface area contributed by atoms with Gasteiger partial charge in [0.2, 0.25) is 0 Å². The van der Waals surface area contributed by atoms with Gasteiger partial charge in [0.25, 0.3) is 0 Å². The number of ether oxygens (including phenoxy) is 1. The first-order valence-electron chi connectivity index (χ1n) is 6.06. The topological polar surface area (TPSA) is 38.3 Å². The first kappa shape index (κ1) is 16.0. The van der Waals surface area contributed by atoms with Gasteiger partial charge in [0.1, 0.15) is 5.82 Å². The van der Waals surface area contributed by atoms with Gasteiger partial charge in [-0.15, -0.1) is 0 Å². The Labute approximate surface area is 138 Å². The monoisotopic (exact) mass is 415 g/mol. The van der Waals surface area contributed by atoms with Crippen LogP contribution in [0.3, 0.4) is 0 Å². The third-order valence-electron chi connectivity index (χ3n) is 2.87. The van der Waals surface area contributed by atoms with Crippen LogP contribution in [0.1, 0.15) is 11.6 Å². The minimum absolute atomic E-state index is 0.298. The van der Waals surface area contributed by atoms with Crippen LogP contribution in [-0.2, 0) is 9.53 Å². The molecule has 0 saturated heterocycles. The molecule has 0 aliphatic rings. The van der Waals surface area contributed by atoms with Gasteiger partial charge in [-0.3, -0.25) is 0 Å². The number of methoxy groups -OCH3 is 1. The molecule has 0 aromatic heterocycles. The molecule has 3 nitrogen and oxygen atoms in total. The van der Waals surface area contributed by atoms with Crippen LogP contribution >= 0.6 is 31.9 Å². The number of benzene rings is 2. The fourth-order valence-corrected chi connectivity index (χ4v) is 2.46. The van der Waals surface area contributed by atoms with Crippen molar-refractivity contribution in [2.45, 2.75) is 6.04 Å². The molecule has 1 atom stereocenters. The summed E-state index contributed by atoms with van der Waals surface area (Å²) in [6.45, 7) is 0. The molecule has 1 unspecified atom stereocenters. The predicted octanol–water partition coefficient (Wildman–Crippen LogP) is 4.68. The molecule has 0 heterocycles. The van der Waals surface area contributed by atoms with Crippen LogP contribution in [0.5, 0.6) is 0 Å². The highest BCUT2D eigenvalue weighted by Crippen LogP contribution is 2.26. The molecule has 0 amide bonds. The Kier molecular flexibility index (Phi) is 5.36. The van der Waals surface area contributed by atoms with Crippen molar-refractivity contribution in [2.75, 3.05) is 12.4 Å². The number of hydrogen-bond acceptors (Lipinski definition) is 3. The summed E-state index contributed by atoms with van der Waals surface area (Å²) in [7, 11) is 1.32. The standard InChI is InChI=1S/C15H12Br2FNO2/c1-21-15(20)14(9-2-7-13(18)12(17)8-9)19-11-5-3-10(16)4-6-11/h2-8,14,19H,1H3.